The second-order valence-electron chi connectivity index (χ2n) is 4.46. The molecule has 2 aromatic carbocycles. The zero-order chi connectivity index (χ0) is 14.7. The van der Waals surface area contributed by atoms with Crippen molar-refractivity contribution in [2.75, 3.05) is 5.32 Å². The number of benzene rings is 2. The molecule has 0 bridgehead atoms. The van der Waals surface area contributed by atoms with Crippen molar-refractivity contribution >= 4 is 11.7 Å². The van der Waals surface area contributed by atoms with Gasteiger partial charge in [-0.1, -0.05) is 12.1 Å². The quantitative estimate of drug-likeness (QED) is 0.898. The molecule has 3 nitrogen and oxygen atoms in total. The summed E-state index contributed by atoms with van der Waals surface area (Å²) in [5, 5.41) is 11.6. The predicted octanol–water partition coefficient (Wildman–Crippen LogP) is 3.58. The van der Waals surface area contributed by atoms with Crippen molar-refractivity contribution in [3.05, 3.63) is 64.7 Å². The van der Waals surface area contributed by atoms with Crippen molar-refractivity contribution in [1.82, 2.24) is 0 Å². The Morgan fingerprint density at radius 3 is 2.50 bits per heavy atom. The summed E-state index contributed by atoms with van der Waals surface area (Å²) in [4.78, 5) is 10.7. The molecular weight excluding hydrogens is 264 g/mol. The molecule has 0 aromatic heterocycles. The van der Waals surface area contributed by atoms with E-state index in [2.05, 4.69) is 5.32 Å². The number of hydrogen-bond donors (Lipinski definition) is 2. The van der Waals surface area contributed by atoms with Gasteiger partial charge in [-0.25, -0.2) is 13.6 Å². The van der Waals surface area contributed by atoms with Crippen molar-refractivity contribution in [2.45, 2.75) is 13.5 Å². The average molecular weight is 277 g/mol. The Balaban J connectivity index is 2.11. The lowest BCUT2D eigenvalue weighted by Crippen LogP contribution is -2.05. The van der Waals surface area contributed by atoms with E-state index in [1.54, 1.807) is 19.1 Å². The maximum atomic E-state index is 13.6. The van der Waals surface area contributed by atoms with Crippen LogP contribution in [0.1, 0.15) is 21.5 Å². The van der Waals surface area contributed by atoms with Gasteiger partial charge in [0.05, 0.1) is 11.3 Å². The molecule has 0 saturated heterocycles. The van der Waals surface area contributed by atoms with Crippen LogP contribution in [-0.2, 0) is 6.54 Å². The molecule has 5 heteroatoms. The molecule has 2 N–H and O–H groups in total. The molecule has 2 rings (SSSR count). The van der Waals surface area contributed by atoms with Crippen LogP contribution in [0.15, 0.2) is 36.4 Å². The Bertz CT molecular complexity index is 656. The van der Waals surface area contributed by atoms with Crippen molar-refractivity contribution in [3.8, 4) is 0 Å². The summed E-state index contributed by atoms with van der Waals surface area (Å²) >= 11 is 0. The van der Waals surface area contributed by atoms with E-state index in [1.807, 2.05) is 0 Å². The molecule has 0 spiro atoms. The van der Waals surface area contributed by atoms with Crippen LogP contribution in [0.25, 0.3) is 0 Å². The molecule has 20 heavy (non-hydrogen) atoms. The molecule has 0 aliphatic rings. The van der Waals surface area contributed by atoms with Gasteiger partial charge < -0.3 is 10.4 Å². The van der Waals surface area contributed by atoms with Crippen molar-refractivity contribution in [3.63, 3.8) is 0 Å². The minimum Gasteiger partial charge on any atom is -0.478 e. The number of carboxylic acid groups (broad SMARTS) is 1. The first-order valence-electron chi connectivity index (χ1n) is 5.99. The number of anilines is 1. The first-order valence-corrected chi connectivity index (χ1v) is 5.99. The Morgan fingerprint density at radius 2 is 1.90 bits per heavy atom. The molecule has 0 saturated carbocycles. The van der Waals surface area contributed by atoms with Crippen molar-refractivity contribution in [2.24, 2.45) is 0 Å². The monoisotopic (exact) mass is 277 g/mol. The van der Waals surface area contributed by atoms with Crippen molar-refractivity contribution in [1.29, 1.82) is 0 Å². The first-order chi connectivity index (χ1) is 9.47. The zero-order valence-electron chi connectivity index (χ0n) is 10.8. The van der Waals surface area contributed by atoms with Gasteiger partial charge >= 0.3 is 5.97 Å². The Hall–Kier alpha value is -2.43. The number of carboxylic acids is 1. The fourth-order valence-corrected chi connectivity index (χ4v) is 1.80. The summed E-state index contributed by atoms with van der Waals surface area (Å²) in [7, 11) is 0. The standard InChI is InChI=1S/C15H13F2NO2/c1-9-2-5-14(13(17)6-9)18-8-10-3-4-11(15(19)20)12(16)7-10/h2-7,18H,8H2,1H3,(H,19,20). The van der Waals surface area contributed by atoms with Crippen molar-refractivity contribution < 1.29 is 18.7 Å². The third-order valence-electron chi connectivity index (χ3n) is 2.87. The molecule has 104 valence electrons. The van der Waals surface area contributed by atoms with Crippen LogP contribution in [0.3, 0.4) is 0 Å². The first kappa shape index (κ1) is 14.0. The smallest absolute Gasteiger partial charge is 0.338 e. The van der Waals surface area contributed by atoms with Gasteiger partial charge in [-0.15, -0.1) is 0 Å². The summed E-state index contributed by atoms with van der Waals surface area (Å²) in [6, 6.07) is 8.58. The van der Waals surface area contributed by atoms with E-state index in [0.29, 0.717) is 11.3 Å². The van der Waals surface area contributed by atoms with E-state index in [9.17, 15) is 13.6 Å². The molecule has 2 aromatic rings. The van der Waals surface area contributed by atoms with Gasteiger partial charge in [0, 0.05) is 6.54 Å². The third-order valence-corrected chi connectivity index (χ3v) is 2.87. The number of carbonyl (C=O) groups is 1. The van der Waals surface area contributed by atoms with E-state index in [-0.39, 0.29) is 17.9 Å². The van der Waals surface area contributed by atoms with Gasteiger partial charge in [0.1, 0.15) is 11.6 Å². The Labute approximate surface area is 114 Å². The summed E-state index contributed by atoms with van der Waals surface area (Å²) in [5.41, 5.74) is 1.28. The van der Waals surface area contributed by atoms with Gasteiger partial charge in [0.15, 0.2) is 0 Å². The largest absolute Gasteiger partial charge is 0.478 e. The van der Waals surface area contributed by atoms with E-state index in [1.165, 1.54) is 18.2 Å². The zero-order valence-corrected chi connectivity index (χ0v) is 10.8. The highest BCUT2D eigenvalue weighted by atomic mass is 19.1. The third kappa shape index (κ3) is 3.12. The lowest BCUT2D eigenvalue weighted by Gasteiger charge is -2.09. The highest BCUT2D eigenvalue weighted by Gasteiger charge is 2.10. The highest BCUT2D eigenvalue weighted by Crippen LogP contribution is 2.17. The molecule has 0 radical (unpaired) electrons. The van der Waals surface area contributed by atoms with Crippen LogP contribution in [0, 0.1) is 18.6 Å². The van der Waals surface area contributed by atoms with Gasteiger partial charge in [-0.05, 0) is 42.3 Å². The SMILES string of the molecule is Cc1ccc(NCc2ccc(C(=O)O)c(F)c2)c(F)c1. The fraction of sp³-hybridized carbons (Fsp3) is 0.133. The summed E-state index contributed by atoms with van der Waals surface area (Å²) in [6.45, 7) is 1.99. The number of rotatable bonds is 4. The highest BCUT2D eigenvalue weighted by molar-refractivity contribution is 5.87. The van der Waals surface area contributed by atoms with Gasteiger partial charge in [0.25, 0.3) is 0 Å². The van der Waals surface area contributed by atoms with Crippen LogP contribution >= 0.6 is 0 Å². The van der Waals surface area contributed by atoms with Gasteiger partial charge in [0.2, 0.25) is 0 Å². The van der Waals surface area contributed by atoms with Crippen LogP contribution < -0.4 is 5.32 Å². The Kier molecular flexibility index (Phi) is 3.98. The number of halogens is 2. The maximum Gasteiger partial charge on any atom is 0.338 e. The van der Waals surface area contributed by atoms with Crippen LogP contribution in [-0.4, -0.2) is 11.1 Å². The lowest BCUT2D eigenvalue weighted by atomic mass is 10.1. The molecule has 0 unspecified atom stereocenters. The van der Waals surface area contributed by atoms with Crippen LogP contribution in [0.2, 0.25) is 0 Å². The van der Waals surface area contributed by atoms with E-state index in [4.69, 9.17) is 5.11 Å². The van der Waals surface area contributed by atoms with E-state index in [0.717, 1.165) is 11.6 Å². The molecule has 0 aliphatic carbocycles. The van der Waals surface area contributed by atoms with Crippen LogP contribution in [0.5, 0.6) is 0 Å². The normalized spacial score (nSPS) is 10.3. The Morgan fingerprint density at radius 1 is 1.15 bits per heavy atom. The van der Waals surface area contributed by atoms with Crippen LogP contribution in [0.4, 0.5) is 14.5 Å². The topological polar surface area (TPSA) is 49.3 Å². The van der Waals surface area contributed by atoms with E-state index < -0.39 is 11.8 Å². The summed E-state index contributed by atoms with van der Waals surface area (Å²) < 4.78 is 27.1. The molecule has 0 aliphatic heterocycles. The molecule has 0 heterocycles. The number of hydrogen-bond acceptors (Lipinski definition) is 2. The molecule has 0 amide bonds. The fourth-order valence-electron chi connectivity index (χ4n) is 1.80. The minimum absolute atomic E-state index is 0.205. The molecule has 0 atom stereocenters. The lowest BCUT2D eigenvalue weighted by molar-refractivity contribution is 0.0692. The second kappa shape index (κ2) is 5.69. The minimum atomic E-state index is -1.31. The van der Waals surface area contributed by atoms with Gasteiger partial charge in [-0.2, -0.15) is 0 Å². The summed E-state index contributed by atoms with van der Waals surface area (Å²) in [6.07, 6.45) is 0. The van der Waals surface area contributed by atoms with Gasteiger partial charge in [-0.3, -0.25) is 0 Å². The number of aryl methyl sites for hydroxylation is 1. The maximum absolute atomic E-state index is 13.6. The second-order valence-corrected chi connectivity index (χ2v) is 4.46. The average Bonchev–Trinajstić information content (AvgIpc) is 2.37. The number of nitrogens with one attached hydrogen (secondary N) is 1. The molecule has 0 fully saturated rings. The van der Waals surface area contributed by atoms with E-state index >= 15 is 0 Å². The number of aromatic carboxylic acids is 1. The summed E-state index contributed by atoms with van der Waals surface area (Å²) in [5.74, 6) is -2.50. The predicted molar refractivity (Wildman–Crippen MR) is 71.8 cm³/mol. The molecular formula is C15H13F2NO2.